The van der Waals surface area contributed by atoms with Crippen LogP contribution in [0.1, 0.15) is 5.56 Å². The predicted octanol–water partition coefficient (Wildman–Crippen LogP) is 5.14. The van der Waals surface area contributed by atoms with Crippen molar-refractivity contribution in [2.24, 2.45) is 0 Å². The van der Waals surface area contributed by atoms with Gasteiger partial charge in [0.05, 0.1) is 10.7 Å². The van der Waals surface area contributed by atoms with Crippen LogP contribution in [0.15, 0.2) is 65.0 Å². The molecule has 1 aromatic heterocycles. The highest BCUT2D eigenvalue weighted by Crippen LogP contribution is 2.29. The molecule has 0 aliphatic heterocycles. The Balaban J connectivity index is 0.00000100. The molecule has 0 saturated heterocycles. The van der Waals surface area contributed by atoms with Gasteiger partial charge in [0.25, 0.3) is 0 Å². The molecule has 0 amide bonds. The molecule has 3 aromatic rings. The van der Waals surface area contributed by atoms with Crippen molar-refractivity contribution in [3.8, 4) is 0 Å². The van der Waals surface area contributed by atoms with E-state index >= 15 is 0 Å². The Morgan fingerprint density at radius 3 is 2.62 bits per heavy atom. The molecule has 0 spiro atoms. The molecule has 0 bridgehead atoms. The molecule has 24 heavy (non-hydrogen) atoms. The molecule has 0 radical (unpaired) electrons. The third kappa shape index (κ3) is 5.72. The predicted molar refractivity (Wildman–Crippen MR) is 105 cm³/mol. The number of nitrogens with zero attached hydrogens (tertiary/aromatic N) is 1. The van der Waals surface area contributed by atoms with Crippen LogP contribution in [0.25, 0.3) is 0 Å². The average Bonchev–Trinajstić information content (AvgIpc) is 3.15. The van der Waals surface area contributed by atoms with E-state index in [0.29, 0.717) is 5.02 Å². The van der Waals surface area contributed by atoms with E-state index < -0.39 is 0 Å². The highest BCUT2D eigenvalue weighted by Gasteiger charge is 2.03. The molecule has 0 aliphatic carbocycles. The van der Waals surface area contributed by atoms with Gasteiger partial charge < -0.3 is 15.1 Å². The molecule has 0 saturated carbocycles. The van der Waals surface area contributed by atoms with E-state index in [1.54, 1.807) is 17.5 Å². The lowest BCUT2D eigenvalue weighted by molar-refractivity contribution is 0.399. The number of rotatable bonds is 6. The lowest BCUT2D eigenvalue weighted by Gasteiger charge is -2.10. The van der Waals surface area contributed by atoms with Gasteiger partial charge in [-0.3, -0.25) is 0 Å². The lowest BCUT2D eigenvalue weighted by Crippen LogP contribution is -1.99. The molecule has 4 nitrogen and oxygen atoms in total. The van der Waals surface area contributed by atoms with Gasteiger partial charge >= 0.3 is 0 Å². The zero-order valence-electron chi connectivity index (χ0n) is 13.1. The van der Waals surface area contributed by atoms with Gasteiger partial charge in [0, 0.05) is 30.1 Å². The monoisotopic (exact) mass is 379 g/mol. The number of aliphatic hydroxyl groups is 1. The van der Waals surface area contributed by atoms with Gasteiger partial charge in [-0.25, -0.2) is 4.98 Å². The van der Waals surface area contributed by atoms with E-state index in [-0.39, 0.29) is 0 Å². The minimum Gasteiger partial charge on any atom is -0.400 e. The fraction of sp³-hybridized carbons (Fsp3) is 0.118. The summed E-state index contributed by atoms with van der Waals surface area (Å²) < 4.78 is 3.19. The smallest absolute Gasteiger partial charge is 0.192 e. The number of halogens is 1. The van der Waals surface area contributed by atoms with Crippen LogP contribution in [-0.4, -0.2) is 17.2 Å². The summed E-state index contributed by atoms with van der Waals surface area (Å²) in [6.45, 7) is 0.754. The maximum Gasteiger partial charge on any atom is 0.192 e. The summed E-state index contributed by atoms with van der Waals surface area (Å²) in [7, 11) is 1.00. The molecule has 0 atom stereocenters. The average molecular weight is 380 g/mol. The summed E-state index contributed by atoms with van der Waals surface area (Å²) in [4.78, 5) is 5.22. The zero-order valence-corrected chi connectivity index (χ0v) is 15.5. The number of aliphatic hydroxyl groups excluding tert-OH is 1. The standard InChI is InChI=1S/C16H14ClN3S2.CH4O/c17-14-10-13(22-20-16-18-8-9-21-16)6-7-15(14)19-11-12-4-2-1-3-5-12;1-2/h1-10,19H,11H2,(H,18,20);2H,1H3. The van der Waals surface area contributed by atoms with Crippen molar-refractivity contribution in [2.45, 2.75) is 11.4 Å². The highest BCUT2D eigenvalue weighted by molar-refractivity contribution is 8.00. The Kier molecular flexibility index (Phi) is 7.91. The molecule has 0 unspecified atom stereocenters. The Morgan fingerprint density at radius 1 is 1.17 bits per heavy atom. The number of benzene rings is 2. The minimum atomic E-state index is 0.710. The van der Waals surface area contributed by atoms with Crippen LogP contribution >= 0.6 is 34.9 Å². The summed E-state index contributed by atoms with van der Waals surface area (Å²) in [6.07, 6.45) is 1.77. The first kappa shape index (κ1) is 18.6. The first-order chi connectivity index (χ1) is 11.8. The van der Waals surface area contributed by atoms with Crippen molar-refractivity contribution in [2.75, 3.05) is 17.1 Å². The second-order valence-electron chi connectivity index (χ2n) is 4.52. The van der Waals surface area contributed by atoms with Crippen molar-refractivity contribution in [1.82, 2.24) is 4.98 Å². The Hall–Kier alpha value is -1.73. The second kappa shape index (κ2) is 10.2. The van der Waals surface area contributed by atoms with E-state index in [9.17, 15) is 0 Å². The van der Waals surface area contributed by atoms with E-state index in [1.165, 1.54) is 17.5 Å². The second-order valence-corrected chi connectivity index (χ2v) is 6.70. The third-order valence-electron chi connectivity index (χ3n) is 2.95. The van der Waals surface area contributed by atoms with Crippen LogP contribution in [-0.2, 0) is 6.54 Å². The van der Waals surface area contributed by atoms with Crippen LogP contribution in [0, 0.1) is 0 Å². The fourth-order valence-corrected chi connectivity index (χ4v) is 3.44. The highest BCUT2D eigenvalue weighted by atomic mass is 35.5. The Morgan fingerprint density at radius 2 is 1.96 bits per heavy atom. The first-order valence-electron chi connectivity index (χ1n) is 7.16. The number of hydrogen-bond acceptors (Lipinski definition) is 6. The molecule has 0 fully saturated rings. The normalized spacial score (nSPS) is 9.79. The van der Waals surface area contributed by atoms with Crippen LogP contribution in [0.2, 0.25) is 5.02 Å². The zero-order chi connectivity index (χ0) is 17.2. The SMILES string of the molecule is CO.Clc1cc(SNc2nccs2)ccc1NCc1ccccc1. The topological polar surface area (TPSA) is 57.2 Å². The molecular formula is C17H18ClN3OS2. The van der Waals surface area contributed by atoms with Crippen LogP contribution < -0.4 is 10.0 Å². The van der Waals surface area contributed by atoms with Crippen LogP contribution in [0.5, 0.6) is 0 Å². The lowest BCUT2D eigenvalue weighted by atomic mass is 10.2. The molecule has 7 heteroatoms. The third-order valence-corrected chi connectivity index (χ3v) is 4.87. The van der Waals surface area contributed by atoms with Crippen molar-refractivity contribution in [3.05, 3.63) is 70.7 Å². The fourth-order valence-electron chi connectivity index (χ4n) is 1.87. The van der Waals surface area contributed by atoms with Crippen molar-refractivity contribution >= 4 is 45.7 Å². The van der Waals surface area contributed by atoms with Crippen LogP contribution in [0.4, 0.5) is 10.8 Å². The van der Waals surface area contributed by atoms with Gasteiger partial charge in [-0.1, -0.05) is 41.9 Å². The molecule has 1 heterocycles. The summed E-state index contributed by atoms with van der Waals surface area (Å²) in [6, 6.07) is 16.2. The van der Waals surface area contributed by atoms with Gasteiger partial charge in [0.2, 0.25) is 0 Å². The van der Waals surface area contributed by atoms with Gasteiger partial charge in [-0.15, -0.1) is 11.3 Å². The summed E-state index contributed by atoms with van der Waals surface area (Å²) in [5, 5.41) is 13.9. The van der Waals surface area contributed by atoms with Gasteiger partial charge in [-0.2, -0.15) is 0 Å². The van der Waals surface area contributed by atoms with E-state index in [4.69, 9.17) is 16.7 Å². The molecule has 0 aliphatic rings. The molecule has 126 valence electrons. The Bertz CT molecular complexity index is 724. The maximum atomic E-state index is 7.00. The maximum absolute atomic E-state index is 7.00. The summed E-state index contributed by atoms with van der Waals surface area (Å²) in [5.74, 6) is 0. The van der Waals surface area contributed by atoms with Gasteiger partial charge in [-0.05, 0) is 35.7 Å². The Labute approximate surface area is 155 Å². The molecule has 2 aromatic carbocycles. The van der Waals surface area contributed by atoms with Gasteiger partial charge in [0.1, 0.15) is 0 Å². The number of thiazole rings is 1. The molecule has 3 N–H and O–H groups in total. The summed E-state index contributed by atoms with van der Waals surface area (Å²) >= 11 is 9.41. The number of anilines is 2. The van der Waals surface area contributed by atoms with Crippen molar-refractivity contribution < 1.29 is 5.11 Å². The molecule has 3 rings (SSSR count). The number of hydrogen-bond donors (Lipinski definition) is 3. The van der Waals surface area contributed by atoms with E-state index in [1.807, 2.05) is 41.8 Å². The molecular weight excluding hydrogens is 362 g/mol. The van der Waals surface area contributed by atoms with E-state index in [0.717, 1.165) is 29.4 Å². The van der Waals surface area contributed by atoms with Crippen molar-refractivity contribution in [1.29, 1.82) is 0 Å². The van der Waals surface area contributed by atoms with Crippen molar-refractivity contribution in [3.63, 3.8) is 0 Å². The largest absolute Gasteiger partial charge is 0.400 e. The summed E-state index contributed by atoms with van der Waals surface area (Å²) in [5.41, 5.74) is 2.16. The minimum absolute atomic E-state index is 0.710. The first-order valence-corrected chi connectivity index (χ1v) is 9.23. The quantitative estimate of drug-likeness (QED) is 0.518. The van der Waals surface area contributed by atoms with Crippen LogP contribution in [0.3, 0.4) is 0 Å². The van der Waals surface area contributed by atoms with Gasteiger partial charge in [0.15, 0.2) is 5.13 Å². The van der Waals surface area contributed by atoms with E-state index in [2.05, 4.69) is 27.2 Å². The number of nitrogens with one attached hydrogen (secondary N) is 2. The number of aromatic nitrogens is 1.